The zero-order chi connectivity index (χ0) is 20.6. The van der Waals surface area contributed by atoms with E-state index >= 15 is 0 Å². The highest BCUT2D eigenvalue weighted by Gasteiger charge is 2.21. The van der Waals surface area contributed by atoms with Crippen LogP contribution in [0.2, 0.25) is 0 Å². The Morgan fingerprint density at radius 2 is 1.93 bits per heavy atom. The average Bonchev–Trinajstić information content (AvgIpc) is 2.74. The predicted octanol–water partition coefficient (Wildman–Crippen LogP) is 3.68. The molecule has 3 N–H and O–H groups in total. The molecule has 1 aliphatic heterocycles. The minimum atomic E-state index is -0.797. The van der Waals surface area contributed by atoms with E-state index in [1.165, 1.54) is 17.2 Å². The molecule has 152 valence electrons. The van der Waals surface area contributed by atoms with E-state index in [0.717, 1.165) is 38.9 Å². The second-order valence-electron chi connectivity index (χ2n) is 7.10. The van der Waals surface area contributed by atoms with Crippen LogP contribution in [-0.4, -0.2) is 41.9 Å². The van der Waals surface area contributed by atoms with E-state index in [2.05, 4.69) is 40.6 Å². The first-order chi connectivity index (χ1) is 14.1. The maximum Gasteiger partial charge on any atom is 0.284 e. The first kappa shape index (κ1) is 20.5. The van der Waals surface area contributed by atoms with Crippen molar-refractivity contribution in [1.29, 1.82) is 0 Å². The fourth-order valence-electron chi connectivity index (χ4n) is 3.61. The van der Waals surface area contributed by atoms with Gasteiger partial charge in [0.05, 0.1) is 10.6 Å². The molecular weight excluding hydrogens is 368 g/mol. The number of nitrogens with two attached hydrogens (primary N) is 1. The lowest BCUT2D eigenvalue weighted by atomic mass is 9.99. The van der Waals surface area contributed by atoms with Crippen LogP contribution in [0.25, 0.3) is 5.57 Å². The van der Waals surface area contributed by atoms with Crippen molar-refractivity contribution in [2.75, 3.05) is 31.5 Å². The fraction of sp³-hybridized carbons (Fsp3) is 0.318. The Balaban J connectivity index is 1.44. The highest BCUT2D eigenvalue weighted by atomic mass is 16.6. The Morgan fingerprint density at radius 1 is 1.14 bits per heavy atom. The maximum absolute atomic E-state index is 11.6. The number of carbonyl (C=O) groups is 1. The van der Waals surface area contributed by atoms with Crippen LogP contribution in [0.3, 0.4) is 0 Å². The molecule has 2 aromatic carbocycles. The van der Waals surface area contributed by atoms with Gasteiger partial charge in [-0.3, -0.25) is 19.8 Å². The maximum atomic E-state index is 11.6. The van der Waals surface area contributed by atoms with Gasteiger partial charge in [-0.1, -0.05) is 42.5 Å². The molecule has 1 aliphatic rings. The summed E-state index contributed by atoms with van der Waals surface area (Å²) in [5, 5.41) is 14.2. The summed E-state index contributed by atoms with van der Waals surface area (Å²) in [6.45, 7) is 3.62. The number of hydrogen-bond acceptors (Lipinski definition) is 5. The molecule has 0 saturated carbocycles. The van der Waals surface area contributed by atoms with E-state index in [1.54, 1.807) is 12.1 Å². The van der Waals surface area contributed by atoms with Gasteiger partial charge in [-0.15, -0.1) is 0 Å². The molecule has 7 nitrogen and oxygen atoms in total. The van der Waals surface area contributed by atoms with Gasteiger partial charge in [0.25, 0.3) is 11.6 Å². The third-order valence-electron chi connectivity index (χ3n) is 5.14. The van der Waals surface area contributed by atoms with Crippen molar-refractivity contribution >= 4 is 22.9 Å². The molecular formula is C22H26N4O3. The Kier molecular flexibility index (Phi) is 6.97. The predicted molar refractivity (Wildman–Crippen MR) is 115 cm³/mol. The summed E-state index contributed by atoms with van der Waals surface area (Å²) in [6, 6.07) is 15.0. The van der Waals surface area contributed by atoms with Crippen LogP contribution in [-0.2, 0) is 0 Å². The lowest BCUT2D eigenvalue weighted by Gasteiger charge is -2.26. The zero-order valence-electron chi connectivity index (χ0n) is 16.3. The Labute approximate surface area is 170 Å². The van der Waals surface area contributed by atoms with Crippen LogP contribution in [0.5, 0.6) is 0 Å². The fourth-order valence-corrected chi connectivity index (χ4v) is 3.61. The minimum Gasteiger partial charge on any atom is -0.384 e. The highest BCUT2D eigenvalue weighted by Crippen LogP contribution is 2.26. The molecule has 0 aliphatic carbocycles. The van der Waals surface area contributed by atoms with Crippen LogP contribution < -0.4 is 11.1 Å². The second kappa shape index (κ2) is 9.84. The molecule has 1 amide bonds. The molecule has 29 heavy (non-hydrogen) atoms. The first-order valence-electron chi connectivity index (χ1n) is 9.84. The molecule has 0 aromatic heterocycles. The number of nitrogens with zero attached hydrogens (tertiary/aromatic N) is 2. The first-order valence-corrected chi connectivity index (χ1v) is 9.84. The van der Waals surface area contributed by atoms with Crippen molar-refractivity contribution in [2.24, 2.45) is 5.73 Å². The third kappa shape index (κ3) is 5.42. The largest absolute Gasteiger partial charge is 0.384 e. The summed E-state index contributed by atoms with van der Waals surface area (Å²) in [4.78, 5) is 24.6. The van der Waals surface area contributed by atoms with Gasteiger partial charge in [-0.05, 0) is 43.0 Å². The van der Waals surface area contributed by atoms with E-state index in [0.29, 0.717) is 12.2 Å². The number of rotatable bonds is 9. The van der Waals surface area contributed by atoms with Crippen LogP contribution >= 0.6 is 0 Å². The molecule has 7 heteroatoms. The van der Waals surface area contributed by atoms with Gasteiger partial charge in [0.15, 0.2) is 0 Å². The van der Waals surface area contributed by atoms with Crippen LogP contribution in [0.4, 0.5) is 11.4 Å². The Hall–Kier alpha value is -3.19. The third-order valence-corrected chi connectivity index (χ3v) is 5.14. The zero-order valence-corrected chi connectivity index (χ0v) is 16.3. The van der Waals surface area contributed by atoms with Gasteiger partial charge in [0.1, 0.15) is 5.56 Å². The van der Waals surface area contributed by atoms with Gasteiger partial charge in [0.2, 0.25) is 0 Å². The molecule has 0 fully saturated rings. The number of amides is 1. The molecule has 0 saturated heterocycles. The quantitative estimate of drug-likeness (QED) is 0.384. The monoisotopic (exact) mass is 394 g/mol. The molecule has 1 heterocycles. The molecule has 2 aromatic rings. The number of anilines is 1. The molecule has 0 radical (unpaired) electrons. The topological polar surface area (TPSA) is 102 Å². The number of benzene rings is 2. The molecule has 0 atom stereocenters. The summed E-state index contributed by atoms with van der Waals surface area (Å²) in [6.07, 6.45) is 5.26. The van der Waals surface area contributed by atoms with Crippen LogP contribution in [0.1, 0.15) is 35.2 Å². The van der Waals surface area contributed by atoms with Crippen molar-refractivity contribution in [2.45, 2.75) is 19.3 Å². The standard InChI is InChI=1S/C22H26N4O3/c23-22(27)21-19(9-6-10-20(21)26(28)29)24-13-4-5-14-25-15-11-18(12-16-25)17-7-2-1-3-8-17/h1-3,6-11,24H,4-5,12-16H2,(H2,23,27). The van der Waals surface area contributed by atoms with Crippen molar-refractivity contribution in [3.8, 4) is 0 Å². The summed E-state index contributed by atoms with van der Waals surface area (Å²) >= 11 is 0. The Bertz CT molecular complexity index is 896. The van der Waals surface area contributed by atoms with Gasteiger partial charge < -0.3 is 11.1 Å². The van der Waals surface area contributed by atoms with E-state index < -0.39 is 10.8 Å². The van der Waals surface area contributed by atoms with Gasteiger partial charge in [0, 0.05) is 25.7 Å². The van der Waals surface area contributed by atoms with Crippen molar-refractivity contribution in [1.82, 2.24) is 4.90 Å². The number of unbranched alkanes of at least 4 members (excludes halogenated alkanes) is 1. The average molecular weight is 394 g/mol. The highest BCUT2D eigenvalue weighted by molar-refractivity contribution is 6.02. The number of hydrogen-bond donors (Lipinski definition) is 2. The van der Waals surface area contributed by atoms with Crippen LogP contribution in [0, 0.1) is 10.1 Å². The number of nitro benzene ring substituents is 1. The molecule has 0 spiro atoms. The summed E-state index contributed by atoms with van der Waals surface area (Å²) in [5.74, 6) is -0.797. The number of nitro groups is 1. The van der Waals surface area contributed by atoms with E-state index in [1.807, 2.05) is 6.07 Å². The number of nitrogens with one attached hydrogen (secondary N) is 1. The lowest BCUT2D eigenvalue weighted by Crippen LogP contribution is -2.29. The number of carbonyl (C=O) groups excluding carboxylic acids is 1. The second-order valence-corrected chi connectivity index (χ2v) is 7.10. The van der Waals surface area contributed by atoms with E-state index in [-0.39, 0.29) is 11.3 Å². The molecule has 0 bridgehead atoms. The normalized spacial score (nSPS) is 14.3. The van der Waals surface area contributed by atoms with Crippen LogP contribution in [0.15, 0.2) is 54.6 Å². The summed E-state index contributed by atoms with van der Waals surface area (Å²) in [7, 11) is 0. The van der Waals surface area contributed by atoms with Gasteiger partial charge in [-0.25, -0.2) is 0 Å². The molecule has 0 unspecified atom stereocenters. The minimum absolute atomic E-state index is 0.0629. The number of primary amides is 1. The van der Waals surface area contributed by atoms with Gasteiger partial charge in [-0.2, -0.15) is 0 Å². The molecule has 3 rings (SSSR count). The summed E-state index contributed by atoms with van der Waals surface area (Å²) in [5.41, 5.74) is 8.14. The summed E-state index contributed by atoms with van der Waals surface area (Å²) < 4.78 is 0. The van der Waals surface area contributed by atoms with E-state index in [9.17, 15) is 14.9 Å². The Morgan fingerprint density at radius 3 is 2.59 bits per heavy atom. The van der Waals surface area contributed by atoms with Crippen molar-refractivity contribution < 1.29 is 9.72 Å². The van der Waals surface area contributed by atoms with Crippen molar-refractivity contribution in [3.63, 3.8) is 0 Å². The lowest BCUT2D eigenvalue weighted by molar-refractivity contribution is -0.385. The smallest absolute Gasteiger partial charge is 0.284 e. The SMILES string of the molecule is NC(=O)c1c(NCCCCN2CC=C(c3ccccc3)CC2)cccc1[N+](=O)[O-]. The van der Waals surface area contributed by atoms with Gasteiger partial charge >= 0.3 is 0 Å². The van der Waals surface area contributed by atoms with Crippen molar-refractivity contribution in [3.05, 3.63) is 75.8 Å². The van der Waals surface area contributed by atoms with E-state index in [4.69, 9.17) is 5.73 Å².